The van der Waals surface area contributed by atoms with Crippen LogP contribution in [0.3, 0.4) is 0 Å². The van der Waals surface area contributed by atoms with Crippen LogP contribution in [0.25, 0.3) is 27.5 Å². The zero-order chi connectivity index (χ0) is 14.4. The van der Waals surface area contributed by atoms with E-state index in [0.29, 0.717) is 0 Å². The van der Waals surface area contributed by atoms with Crippen molar-refractivity contribution in [3.8, 4) is 5.69 Å². The molecule has 0 atom stereocenters. The molecule has 1 heterocycles. The van der Waals surface area contributed by atoms with Gasteiger partial charge in [0.1, 0.15) is 0 Å². The minimum absolute atomic E-state index is 1.12. The van der Waals surface area contributed by atoms with Gasteiger partial charge in [-0.15, -0.1) is 0 Å². The number of hydrogen-bond donors (Lipinski definition) is 0. The third-order valence-corrected chi connectivity index (χ3v) is 4.58. The molecule has 21 heavy (non-hydrogen) atoms. The van der Waals surface area contributed by atoms with Crippen LogP contribution in [0, 0.1) is 6.92 Å². The van der Waals surface area contributed by atoms with E-state index < -0.39 is 0 Å². The SMILES string of the molecule is Cc1ccc(-n2c3ccccc3c3cccc(Br)c32)cc1. The van der Waals surface area contributed by atoms with Crippen LogP contribution in [0.15, 0.2) is 71.2 Å². The molecule has 2 heteroatoms. The van der Waals surface area contributed by atoms with Crippen molar-refractivity contribution in [1.29, 1.82) is 0 Å². The maximum Gasteiger partial charge on any atom is 0.0683 e. The quantitative estimate of drug-likeness (QED) is 0.411. The van der Waals surface area contributed by atoms with Gasteiger partial charge in [-0.05, 0) is 47.1 Å². The van der Waals surface area contributed by atoms with Crippen molar-refractivity contribution >= 4 is 37.7 Å². The highest BCUT2D eigenvalue weighted by Gasteiger charge is 2.13. The monoisotopic (exact) mass is 335 g/mol. The Labute approximate surface area is 132 Å². The van der Waals surface area contributed by atoms with Crippen molar-refractivity contribution in [3.05, 3.63) is 76.8 Å². The van der Waals surface area contributed by atoms with E-state index in [1.54, 1.807) is 0 Å². The van der Waals surface area contributed by atoms with Gasteiger partial charge in [0.25, 0.3) is 0 Å². The van der Waals surface area contributed by atoms with Crippen LogP contribution in [0.2, 0.25) is 0 Å². The van der Waals surface area contributed by atoms with Crippen LogP contribution in [-0.4, -0.2) is 4.57 Å². The molecule has 0 fully saturated rings. The number of fused-ring (bicyclic) bond motifs is 3. The van der Waals surface area contributed by atoms with Gasteiger partial charge in [-0.3, -0.25) is 0 Å². The molecule has 1 aromatic heterocycles. The zero-order valence-electron chi connectivity index (χ0n) is 11.7. The second-order valence-electron chi connectivity index (χ2n) is 5.32. The average molecular weight is 336 g/mol. The van der Waals surface area contributed by atoms with E-state index in [-0.39, 0.29) is 0 Å². The largest absolute Gasteiger partial charge is 0.308 e. The van der Waals surface area contributed by atoms with Crippen molar-refractivity contribution in [2.24, 2.45) is 0 Å². The average Bonchev–Trinajstić information content (AvgIpc) is 2.84. The van der Waals surface area contributed by atoms with Crippen LogP contribution in [-0.2, 0) is 0 Å². The first-order valence-electron chi connectivity index (χ1n) is 7.00. The molecule has 1 nitrogen and oxygen atoms in total. The molecule has 102 valence electrons. The highest BCUT2D eigenvalue weighted by atomic mass is 79.9. The maximum atomic E-state index is 3.72. The summed E-state index contributed by atoms with van der Waals surface area (Å²) in [5, 5.41) is 2.56. The Morgan fingerprint density at radius 1 is 0.762 bits per heavy atom. The molecule has 0 saturated heterocycles. The molecular formula is C19H14BrN. The molecule has 0 unspecified atom stereocenters. The second kappa shape index (κ2) is 4.74. The minimum Gasteiger partial charge on any atom is -0.308 e. The number of aryl methyl sites for hydroxylation is 1. The van der Waals surface area contributed by atoms with Crippen LogP contribution in [0.5, 0.6) is 0 Å². The van der Waals surface area contributed by atoms with Gasteiger partial charge in [0.05, 0.1) is 11.0 Å². The van der Waals surface area contributed by atoms with E-state index in [2.05, 4.69) is 94.2 Å². The molecule has 0 spiro atoms. The van der Waals surface area contributed by atoms with E-state index >= 15 is 0 Å². The van der Waals surface area contributed by atoms with Gasteiger partial charge in [-0.25, -0.2) is 0 Å². The standard InChI is InChI=1S/C19H14BrN/c1-13-9-11-14(12-10-13)21-18-8-3-2-5-15(18)16-6-4-7-17(20)19(16)21/h2-12H,1H3. The fourth-order valence-corrected chi connectivity index (χ4v) is 3.48. The highest BCUT2D eigenvalue weighted by molar-refractivity contribution is 9.10. The fourth-order valence-electron chi connectivity index (χ4n) is 2.94. The number of hydrogen-bond acceptors (Lipinski definition) is 0. The predicted octanol–water partition coefficient (Wildman–Crippen LogP) is 5.85. The lowest BCUT2D eigenvalue weighted by Crippen LogP contribution is -1.94. The van der Waals surface area contributed by atoms with Gasteiger partial charge >= 0.3 is 0 Å². The first-order valence-corrected chi connectivity index (χ1v) is 7.80. The summed E-state index contributed by atoms with van der Waals surface area (Å²) in [5.41, 5.74) is 4.93. The number of halogens is 1. The molecule has 0 saturated carbocycles. The second-order valence-corrected chi connectivity index (χ2v) is 6.18. The maximum absolute atomic E-state index is 3.72. The summed E-state index contributed by atoms with van der Waals surface area (Å²) in [6.07, 6.45) is 0. The van der Waals surface area contributed by atoms with E-state index in [0.717, 1.165) is 4.47 Å². The summed E-state index contributed by atoms with van der Waals surface area (Å²) in [6.45, 7) is 2.12. The molecule has 0 N–H and O–H groups in total. The van der Waals surface area contributed by atoms with Gasteiger partial charge in [0, 0.05) is 20.9 Å². The Hall–Kier alpha value is -2.06. The van der Waals surface area contributed by atoms with Gasteiger partial charge in [-0.1, -0.05) is 48.0 Å². The Kier molecular flexibility index (Phi) is 2.86. The highest BCUT2D eigenvalue weighted by Crippen LogP contribution is 2.35. The van der Waals surface area contributed by atoms with Crippen LogP contribution in [0.1, 0.15) is 5.56 Å². The normalized spacial score (nSPS) is 11.3. The number of para-hydroxylation sites is 2. The van der Waals surface area contributed by atoms with Gasteiger partial charge < -0.3 is 4.57 Å². The smallest absolute Gasteiger partial charge is 0.0683 e. The number of aromatic nitrogens is 1. The van der Waals surface area contributed by atoms with Crippen LogP contribution in [0.4, 0.5) is 0 Å². The van der Waals surface area contributed by atoms with Crippen molar-refractivity contribution in [1.82, 2.24) is 4.57 Å². The predicted molar refractivity (Wildman–Crippen MR) is 93.2 cm³/mol. The summed E-state index contributed by atoms with van der Waals surface area (Å²) in [5.74, 6) is 0. The lowest BCUT2D eigenvalue weighted by atomic mass is 10.2. The lowest BCUT2D eigenvalue weighted by molar-refractivity contribution is 1.17. The first kappa shape index (κ1) is 12.7. The van der Waals surface area contributed by atoms with E-state index in [1.807, 2.05) is 0 Å². The molecule has 0 bridgehead atoms. The molecule has 0 aliphatic rings. The summed E-state index contributed by atoms with van der Waals surface area (Å²) >= 11 is 3.72. The number of benzene rings is 3. The Morgan fingerprint density at radius 3 is 2.29 bits per heavy atom. The van der Waals surface area contributed by atoms with Crippen LogP contribution >= 0.6 is 15.9 Å². The third-order valence-electron chi connectivity index (χ3n) is 3.94. The third kappa shape index (κ3) is 1.90. The summed E-state index contributed by atoms with van der Waals surface area (Å²) < 4.78 is 3.45. The van der Waals surface area contributed by atoms with E-state index in [1.165, 1.54) is 33.1 Å². The van der Waals surface area contributed by atoms with Crippen LogP contribution < -0.4 is 0 Å². The molecule has 4 rings (SSSR count). The van der Waals surface area contributed by atoms with Gasteiger partial charge in [0.15, 0.2) is 0 Å². The molecule has 0 aliphatic carbocycles. The number of nitrogens with zero attached hydrogens (tertiary/aromatic N) is 1. The summed E-state index contributed by atoms with van der Waals surface area (Å²) in [7, 11) is 0. The topological polar surface area (TPSA) is 4.93 Å². The zero-order valence-corrected chi connectivity index (χ0v) is 13.3. The van der Waals surface area contributed by atoms with Crippen molar-refractivity contribution in [2.75, 3.05) is 0 Å². The first-order chi connectivity index (χ1) is 10.3. The Bertz CT molecular complexity index is 949. The molecular weight excluding hydrogens is 322 g/mol. The fraction of sp³-hybridized carbons (Fsp3) is 0.0526. The van der Waals surface area contributed by atoms with Gasteiger partial charge in [-0.2, -0.15) is 0 Å². The van der Waals surface area contributed by atoms with Crippen molar-refractivity contribution in [3.63, 3.8) is 0 Å². The van der Waals surface area contributed by atoms with Gasteiger partial charge in [0.2, 0.25) is 0 Å². The number of rotatable bonds is 1. The van der Waals surface area contributed by atoms with Crippen molar-refractivity contribution < 1.29 is 0 Å². The summed E-state index contributed by atoms with van der Waals surface area (Å²) in [4.78, 5) is 0. The minimum atomic E-state index is 1.12. The molecule has 4 aromatic rings. The Balaban J connectivity index is 2.21. The molecule has 0 aliphatic heterocycles. The van der Waals surface area contributed by atoms with E-state index in [9.17, 15) is 0 Å². The molecule has 3 aromatic carbocycles. The molecule has 0 amide bonds. The van der Waals surface area contributed by atoms with E-state index in [4.69, 9.17) is 0 Å². The summed E-state index contributed by atoms with van der Waals surface area (Å²) in [6, 6.07) is 23.6. The Morgan fingerprint density at radius 2 is 1.48 bits per heavy atom. The molecule has 0 radical (unpaired) electrons. The van der Waals surface area contributed by atoms with Crippen molar-refractivity contribution in [2.45, 2.75) is 6.92 Å². The lowest BCUT2D eigenvalue weighted by Gasteiger charge is -2.09.